The number of methoxy groups -OCH3 is 1. The van der Waals surface area contributed by atoms with Crippen LogP contribution in [0.25, 0.3) is 0 Å². The average Bonchev–Trinajstić information content (AvgIpc) is 2.45. The Morgan fingerprint density at radius 1 is 1.47 bits per heavy atom. The number of amides is 1. The standard InChI is InChI=1S/C15H21NO2S/c1-11-5-4-8-16(10-11)15(17)13-7-6-12(19-3)9-14(13)18-2/h6-7,9,11H,4-5,8,10H2,1-3H3/t11-/m1/s1. The van der Waals surface area contributed by atoms with Crippen LogP contribution in [0.1, 0.15) is 30.1 Å². The third-order valence-electron chi connectivity index (χ3n) is 3.58. The number of benzene rings is 1. The zero-order valence-electron chi connectivity index (χ0n) is 11.8. The molecular formula is C15H21NO2S. The summed E-state index contributed by atoms with van der Waals surface area (Å²) in [5, 5.41) is 0. The monoisotopic (exact) mass is 279 g/mol. The molecule has 1 saturated heterocycles. The maximum absolute atomic E-state index is 12.6. The van der Waals surface area contributed by atoms with Gasteiger partial charge in [-0.15, -0.1) is 11.8 Å². The minimum atomic E-state index is 0.0936. The molecule has 0 radical (unpaired) electrons. The van der Waals surface area contributed by atoms with E-state index in [4.69, 9.17) is 4.74 Å². The van der Waals surface area contributed by atoms with E-state index in [0.717, 1.165) is 24.4 Å². The van der Waals surface area contributed by atoms with Gasteiger partial charge in [0.25, 0.3) is 5.91 Å². The van der Waals surface area contributed by atoms with Gasteiger partial charge in [-0.3, -0.25) is 4.79 Å². The zero-order valence-corrected chi connectivity index (χ0v) is 12.6. The topological polar surface area (TPSA) is 29.5 Å². The third kappa shape index (κ3) is 3.24. The van der Waals surface area contributed by atoms with Crippen LogP contribution in [0.4, 0.5) is 0 Å². The lowest BCUT2D eigenvalue weighted by molar-refractivity contribution is 0.0679. The fourth-order valence-electron chi connectivity index (χ4n) is 2.52. The first-order valence-corrected chi connectivity index (χ1v) is 7.89. The van der Waals surface area contributed by atoms with Crippen molar-refractivity contribution >= 4 is 17.7 Å². The number of piperidine rings is 1. The number of nitrogens with zero attached hydrogens (tertiary/aromatic N) is 1. The van der Waals surface area contributed by atoms with E-state index in [1.807, 2.05) is 29.4 Å². The van der Waals surface area contributed by atoms with E-state index in [0.29, 0.717) is 17.2 Å². The Bertz CT molecular complexity index is 461. The van der Waals surface area contributed by atoms with Crippen molar-refractivity contribution < 1.29 is 9.53 Å². The molecule has 2 rings (SSSR count). The first kappa shape index (κ1) is 14.3. The Kier molecular flexibility index (Phi) is 4.75. The van der Waals surface area contributed by atoms with Gasteiger partial charge >= 0.3 is 0 Å². The van der Waals surface area contributed by atoms with Crippen molar-refractivity contribution in [1.82, 2.24) is 4.90 Å². The molecule has 4 heteroatoms. The van der Waals surface area contributed by atoms with Crippen LogP contribution in [0.5, 0.6) is 5.75 Å². The minimum absolute atomic E-state index is 0.0936. The Morgan fingerprint density at radius 3 is 2.89 bits per heavy atom. The van der Waals surface area contributed by atoms with Crippen LogP contribution in [0.15, 0.2) is 23.1 Å². The van der Waals surface area contributed by atoms with E-state index in [1.165, 1.54) is 6.42 Å². The first-order chi connectivity index (χ1) is 9.15. The molecule has 0 bridgehead atoms. The van der Waals surface area contributed by atoms with Crippen molar-refractivity contribution in [3.05, 3.63) is 23.8 Å². The summed E-state index contributed by atoms with van der Waals surface area (Å²) in [7, 11) is 1.62. The average molecular weight is 279 g/mol. The molecule has 1 aromatic rings. The van der Waals surface area contributed by atoms with Crippen molar-refractivity contribution in [2.45, 2.75) is 24.7 Å². The molecule has 1 aromatic carbocycles. The highest BCUT2D eigenvalue weighted by atomic mass is 32.2. The minimum Gasteiger partial charge on any atom is -0.496 e. The molecule has 0 saturated carbocycles. The lowest BCUT2D eigenvalue weighted by Crippen LogP contribution is -2.39. The highest BCUT2D eigenvalue weighted by Crippen LogP contribution is 2.27. The Labute approximate surface area is 119 Å². The molecule has 0 unspecified atom stereocenters. The Balaban J connectivity index is 2.22. The smallest absolute Gasteiger partial charge is 0.257 e. The second-order valence-corrected chi connectivity index (χ2v) is 5.94. The van der Waals surface area contributed by atoms with Crippen molar-refractivity contribution in [2.24, 2.45) is 5.92 Å². The van der Waals surface area contributed by atoms with E-state index in [2.05, 4.69) is 6.92 Å². The molecule has 0 N–H and O–H groups in total. The quantitative estimate of drug-likeness (QED) is 0.795. The lowest BCUT2D eigenvalue weighted by atomic mass is 9.99. The Hall–Kier alpha value is -1.16. The third-order valence-corrected chi connectivity index (χ3v) is 4.31. The molecule has 1 heterocycles. The van der Waals surface area contributed by atoms with E-state index >= 15 is 0 Å². The molecule has 3 nitrogen and oxygen atoms in total. The SMILES string of the molecule is COc1cc(SC)ccc1C(=O)N1CCC[C@@H](C)C1. The number of rotatable bonds is 3. The first-order valence-electron chi connectivity index (χ1n) is 6.67. The summed E-state index contributed by atoms with van der Waals surface area (Å²) < 4.78 is 5.37. The molecule has 1 aliphatic heterocycles. The molecule has 0 spiro atoms. The van der Waals surface area contributed by atoms with Crippen molar-refractivity contribution in [1.29, 1.82) is 0 Å². The molecular weight excluding hydrogens is 258 g/mol. The number of hydrogen-bond acceptors (Lipinski definition) is 3. The predicted octanol–water partition coefficient (Wildman–Crippen LogP) is 3.29. The highest BCUT2D eigenvalue weighted by Gasteiger charge is 2.24. The van der Waals surface area contributed by atoms with Gasteiger partial charge in [0.15, 0.2) is 0 Å². The number of carbonyl (C=O) groups excluding carboxylic acids is 1. The van der Waals surface area contributed by atoms with E-state index in [9.17, 15) is 4.79 Å². The van der Waals surface area contributed by atoms with Crippen LogP contribution in [0, 0.1) is 5.92 Å². The van der Waals surface area contributed by atoms with Gasteiger partial charge in [-0.2, -0.15) is 0 Å². The van der Waals surface area contributed by atoms with Crippen LogP contribution in [0.3, 0.4) is 0 Å². The number of hydrogen-bond donors (Lipinski definition) is 0. The fourth-order valence-corrected chi connectivity index (χ4v) is 2.95. The Morgan fingerprint density at radius 2 is 2.26 bits per heavy atom. The summed E-state index contributed by atoms with van der Waals surface area (Å²) in [5.41, 5.74) is 0.675. The summed E-state index contributed by atoms with van der Waals surface area (Å²) in [6, 6.07) is 5.80. The molecule has 1 amide bonds. The summed E-state index contributed by atoms with van der Waals surface area (Å²) in [4.78, 5) is 15.6. The van der Waals surface area contributed by atoms with Crippen LogP contribution in [-0.4, -0.2) is 37.3 Å². The molecule has 0 aliphatic carbocycles. The zero-order chi connectivity index (χ0) is 13.8. The highest BCUT2D eigenvalue weighted by molar-refractivity contribution is 7.98. The predicted molar refractivity (Wildman–Crippen MR) is 79.1 cm³/mol. The number of ether oxygens (including phenoxy) is 1. The van der Waals surface area contributed by atoms with E-state index in [1.54, 1.807) is 18.9 Å². The van der Waals surface area contributed by atoms with Gasteiger partial charge in [0.2, 0.25) is 0 Å². The largest absolute Gasteiger partial charge is 0.496 e. The molecule has 0 aromatic heterocycles. The maximum atomic E-state index is 12.6. The van der Waals surface area contributed by atoms with Gasteiger partial charge in [0.1, 0.15) is 5.75 Å². The van der Waals surface area contributed by atoms with Crippen LogP contribution < -0.4 is 4.74 Å². The molecule has 1 fully saturated rings. The summed E-state index contributed by atoms with van der Waals surface area (Å²) >= 11 is 1.65. The van der Waals surface area contributed by atoms with Crippen LogP contribution in [0.2, 0.25) is 0 Å². The van der Waals surface area contributed by atoms with Gasteiger partial charge in [-0.05, 0) is 43.2 Å². The maximum Gasteiger partial charge on any atom is 0.257 e. The summed E-state index contributed by atoms with van der Waals surface area (Å²) in [5.74, 6) is 1.36. The number of likely N-dealkylation sites (tertiary alicyclic amines) is 1. The summed E-state index contributed by atoms with van der Waals surface area (Å²) in [6.07, 6.45) is 4.33. The second kappa shape index (κ2) is 6.33. The van der Waals surface area contributed by atoms with Gasteiger partial charge in [0.05, 0.1) is 12.7 Å². The van der Waals surface area contributed by atoms with E-state index in [-0.39, 0.29) is 5.91 Å². The molecule has 104 valence electrons. The molecule has 19 heavy (non-hydrogen) atoms. The van der Waals surface area contributed by atoms with Crippen molar-refractivity contribution in [3.8, 4) is 5.75 Å². The number of thioether (sulfide) groups is 1. The van der Waals surface area contributed by atoms with Gasteiger partial charge < -0.3 is 9.64 Å². The van der Waals surface area contributed by atoms with Crippen molar-refractivity contribution in [3.63, 3.8) is 0 Å². The van der Waals surface area contributed by atoms with Crippen LogP contribution >= 0.6 is 11.8 Å². The second-order valence-electron chi connectivity index (χ2n) is 5.06. The summed E-state index contributed by atoms with van der Waals surface area (Å²) in [6.45, 7) is 3.91. The van der Waals surface area contributed by atoms with Gasteiger partial charge in [-0.25, -0.2) is 0 Å². The van der Waals surface area contributed by atoms with Gasteiger partial charge in [-0.1, -0.05) is 6.92 Å². The normalized spacial score (nSPS) is 19.3. The van der Waals surface area contributed by atoms with E-state index < -0.39 is 0 Å². The van der Waals surface area contributed by atoms with Crippen molar-refractivity contribution in [2.75, 3.05) is 26.5 Å². The van der Waals surface area contributed by atoms with Gasteiger partial charge in [0, 0.05) is 18.0 Å². The van der Waals surface area contributed by atoms with Crippen LogP contribution in [-0.2, 0) is 0 Å². The number of carbonyl (C=O) groups is 1. The molecule has 1 aliphatic rings. The molecule has 1 atom stereocenters. The fraction of sp³-hybridized carbons (Fsp3) is 0.533. The lowest BCUT2D eigenvalue weighted by Gasteiger charge is -2.31.